The average molecular weight is 519 g/mol. The van der Waals surface area contributed by atoms with Crippen molar-refractivity contribution in [1.29, 1.82) is 0 Å². The minimum Gasteiger partial charge on any atom is -0.496 e. The van der Waals surface area contributed by atoms with Crippen LogP contribution in [0.25, 0.3) is 11.0 Å². The van der Waals surface area contributed by atoms with Crippen LogP contribution in [0.5, 0.6) is 5.75 Å². The first-order chi connectivity index (χ1) is 19.3. The van der Waals surface area contributed by atoms with Crippen molar-refractivity contribution in [2.75, 3.05) is 7.11 Å². The number of nitrogens with one attached hydrogen (secondary N) is 2. The molecule has 0 radical (unpaired) electrons. The Hall–Kier alpha value is -4.07. The highest BCUT2D eigenvalue weighted by Crippen LogP contribution is 2.38. The minimum absolute atomic E-state index is 0.191. The second-order valence-electron chi connectivity index (χ2n) is 10.1. The number of hydrogen-bond donors (Lipinski definition) is 2. The molecule has 3 heterocycles. The molecular weight excluding hydrogens is 484 g/mol. The van der Waals surface area contributed by atoms with Gasteiger partial charge in [-0.25, -0.2) is 4.98 Å². The summed E-state index contributed by atoms with van der Waals surface area (Å²) in [5.74, 6) is 1.91. The number of pyridine rings is 2. The fraction of sp³-hybridized carbons (Fsp3) is 0.281. The Morgan fingerprint density at radius 2 is 1.74 bits per heavy atom. The maximum absolute atomic E-state index is 5.70. The molecule has 7 heteroatoms. The zero-order valence-corrected chi connectivity index (χ0v) is 22.3. The first-order valence-corrected chi connectivity index (χ1v) is 13.6. The van der Waals surface area contributed by atoms with Crippen LogP contribution in [0.2, 0.25) is 0 Å². The van der Waals surface area contributed by atoms with Crippen molar-refractivity contribution < 1.29 is 4.74 Å². The number of imidazole rings is 1. The number of aromatic nitrogens is 4. The lowest BCUT2D eigenvalue weighted by atomic mass is 9.89. The zero-order chi connectivity index (χ0) is 26.4. The van der Waals surface area contributed by atoms with Crippen LogP contribution >= 0.6 is 0 Å². The highest BCUT2D eigenvalue weighted by molar-refractivity contribution is 5.74. The number of H-pyrrole nitrogens is 1. The summed E-state index contributed by atoms with van der Waals surface area (Å²) in [6.45, 7) is 3.08. The van der Waals surface area contributed by atoms with Gasteiger partial charge in [-0.3, -0.25) is 14.9 Å². The second kappa shape index (κ2) is 11.8. The SMILES string of the molecule is COc1ccnc2c1CCCC2N(Cc1ccc(CNCc2ccccn2)cc1)Cc1nc2ccccc2[nH]1. The molecule has 2 N–H and O–H groups in total. The van der Waals surface area contributed by atoms with Gasteiger partial charge >= 0.3 is 0 Å². The smallest absolute Gasteiger partial charge is 0.125 e. The minimum atomic E-state index is 0.191. The summed E-state index contributed by atoms with van der Waals surface area (Å²) in [5, 5.41) is 3.49. The van der Waals surface area contributed by atoms with Crippen LogP contribution in [0.15, 0.2) is 85.2 Å². The monoisotopic (exact) mass is 518 g/mol. The molecule has 0 amide bonds. The van der Waals surface area contributed by atoms with Gasteiger partial charge in [-0.2, -0.15) is 0 Å². The summed E-state index contributed by atoms with van der Waals surface area (Å²) >= 11 is 0. The van der Waals surface area contributed by atoms with Crippen molar-refractivity contribution in [1.82, 2.24) is 30.2 Å². The van der Waals surface area contributed by atoms with Gasteiger partial charge in [0, 0.05) is 37.6 Å². The number of hydrogen-bond acceptors (Lipinski definition) is 6. The van der Waals surface area contributed by atoms with Gasteiger partial charge in [0.25, 0.3) is 0 Å². The van der Waals surface area contributed by atoms with Gasteiger partial charge in [-0.1, -0.05) is 42.5 Å². The standard InChI is InChI=1S/C32H34N6O/c1-39-30-16-18-35-32-26(30)8-6-11-29(32)38(22-31-36-27-9-2-3-10-28(27)37-31)21-24-14-12-23(13-15-24)19-33-20-25-7-4-5-17-34-25/h2-5,7,9-10,12-18,29,33H,6,8,11,19-22H2,1H3,(H,36,37). The van der Waals surface area contributed by atoms with Crippen molar-refractivity contribution in [2.45, 2.75) is 51.5 Å². The fourth-order valence-corrected chi connectivity index (χ4v) is 5.57. The van der Waals surface area contributed by atoms with E-state index in [4.69, 9.17) is 14.7 Å². The zero-order valence-electron chi connectivity index (χ0n) is 22.3. The third-order valence-electron chi connectivity index (χ3n) is 7.49. The van der Waals surface area contributed by atoms with Crippen LogP contribution in [0, 0.1) is 0 Å². The van der Waals surface area contributed by atoms with Crippen LogP contribution < -0.4 is 10.1 Å². The maximum Gasteiger partial charge on any atom is 0.125 e. The Bertz CT molecular complexity index is 1480. The van der Waals surface area contributed by atoms with Gasteiger partial charge in [-0.05, 0) is 60.7 Å². The molecule has 3 aromatic heterocycles. The van der Waals surface area contributed by atoms with E-state index in [1.807, 2.05) is 48.8 Å². The summed E-state index contributed by atoms with van der Waals surface area (Å²) in [6, 6.07) is 25.3. The first-order valence-electron chi connectivity index (χ1n) is 13.6. The van der Waals surface area contributed by atoms with Crippen LogP contribution in [0.3, 0.4) is 0 Å². The third-order valence-corrected chi connectivity index (χ3v) is 7.49. The third kappa shape index (κ3) is 5.85. The molecule has 0 saturated heterocycles. The molecule has 1 atom stereocenters. The summed E-state index contributed by atoms with van der Waals surface area (Å²) < 4.78 is 5.70. The molecule has 198 valence electrons. The van der Waals surface area contributed by atoms with E-state index in [9.17, 15) is 0 Å². The van der Waals surface area contributed by atoms with Gasteiger partial charge < -0.3 is 15.0 Å². The topological polar surface area (TPSA) is 79.0 Å². The lowest BCUT2D eigenvalue weighted by Crippen LogP contribution is -2.32. The lowest BCUT2D eigenvalue weighted by Gasteiger charge is -2.35. The number of para-hydroxylation sites is 2. The van der Waals surface area contributed by atoms with Crippen molar-refractivity contribution in [2.24, 2.45) is 0 Å². The molecule has 0 aliphatic heterocycles. The van der Waals surface area contributed by atoms with E-state index in [-0.39, 0.29) is 6.04 Å². The number of methoxy groups -OCH3 is 1. The quantitative estimate of drug-likeness (QED) is 0.246. The van der Waals surface area contributed by atoms with Gasteiger partial charge in [-0.15, -0.1) is 0 Å². The normalized spacial score (nSPS) is 15.0. The highest BCUT2D eigenvalue weighted by Gasteiger charge is 2.30. The Morgan fingerprint density at radius 3 is 2.56 bits per heavy atom. The first kappa shape index (κ1) is 25.2. The molecule has 5 aromatic rings. The molecule has 0 spiro atoms. The summed E-state index contributed by atoms with van der Waals surface area (Å²) in [7, 11) is 1.75. The number of benzene rings is 2. The van der Waals surface area contributed by atoms with E-state index in [2.05, 4.69) is 56.6 Å². The van der Waals surface area contributed by atoms with E-state index >= 15 is 0 Å². The Balaban J connectivity index is 1.22. The van der Waals surface area contributed by atoms with Crippen molar-refractivity contribution in [3.63, 3.8) is 0 Å². The molecule has 0 bridgehead atoms. The fourth-order valence-electron chi connectivity index (χ4n) is 5.57. The van der Waals surface area contributed by atoms with E-state index in [0.29, 0.717) is 6.54 Å². The maximum atomic E-state index is 5.70. The molecule has 6 rings (SSSR count). The Kier molecular flexibility index (Phi) is 7.61. The predicted octanol–water partition coefficient (Wildman–Crippen LogP) is 5.73. The lowest BCUT2D eigenvalue weighted by molar-refractivity contribution is 0.153. The van der Waals surface area contributed by atoms with Crippen LogP contribution in [-0.4, -0.2) is 31.9 Å². The highest BCUT2D eigenvalue weighted by atomic mass is 16.5. The molecule has 0 fully saturated rings. The van der Waals surface area contributed by atoms with Crippen molar-refractivity contribution in [3.05, 3.63) is 119 Å². The van der Waals surface area contributed by atoms with Gasteiger partial charge in [0.1, 0.15) is 11.6 Å². The predicted molar refractivity (Wildman–Crippen MR) is 153 cm³/mol. The van der Waals surface area contributed by atoms with Crippen LogP contribution in [0.4, 0.5) is 0 Å². The molecule has 1 unspecified atom stereocenters. The van der Waals surface area contributed by atoms with E-state index in [1.165, 1.54) is 16.7 Å². The van der Waals surface area contributed by atoms with Gasteiger partial charge in [0.05, 0.1) is 42.1 Å². The molecule has 0 saturated carbocycles. The largest absolute Gasteiger partial charge is 0.496 e. The van der Waals surface area contributed by atoms with E-state index in [0.717, 1.165) is 72.9 Å². The number of rotatable bonds is 10. The summed E-state index contributed by atoms with van der Waals surface area (Å²) in [6.07, 6.45) is 6.88. The molecule has 7 nitrogen and oxygen atoms in total. The van der Waals surface area contributed by atoms with Crippen molar-refractivity contribution >= 4 is 11.0 Å². The Morgan fingerprint density at radius 1 is 0.897 bits per heavy atom. The molecule has 2 aromatic carbocycles. The van der Waals surface area contributed by atoms with Crippen molar-refractivity contribution in [3.8, 4) is 5.75 Å². The second-order valence-corrected chi connectivity index (χ2v) is 10.1. The van der Waals surface area contributed by atoms with Gasteiger partial charge in [0.15, 0.2) is 0 Å². The molecular formula is C32H34N6O. The Labute approximate surface area is 229 Å². The summed E-state index contributed by atoms with van der Waals surface area (Å²) in [5.41, 5.74) is 8.01. The number of ether oxygens (including phenoxy) is 1. The molecule has 1 aliphatic rings. The number of aromatic amines is 1. The van der Waals surface area contributed by atoms with Crippen LogP contribution in [-0.2, 0) is 32.6 Å². The molecule has 1 aliphatic carbocycles. The number of nitrogens with zero attached hydrogens (tertiary/aromatic N) is 4. The van der Waals surface area contributed by atoms with Crippen LogP contribution in [0.1, 0.15) is 52.8 Å². The summed E-state index contributed by atoms with van der Waals surface area (Å²) in [4.78, 5) is 20.2. The number of fused-ring (bicyclic) bond motifs is 2. The van der Waals surface area contributed by atoms with E-state index in [1.54, 1.807) is 7.11 Å². The average Bonchev–Trinajstić information content (AvgIpc) is 3.40. The van der Waals surface area contributed by atoms with E-state index < -0.39 is 0 Å². The van der Waals surface area contributed by atoms with Gasteiger partial charge in [0.2, 0.25) is 0 Å². The molecule has 39 heavy (non-hydrogen) atoms.